The summed E-state index contributed by atoms with van der Waals surface area (Å²) in [6.45, 7) is 2.22. The fourth-order valence-electron chi connectivity index (χ4n) is 4.63. The number of benzene rings is 1. The van der Waals surface area contributed by atoms with Crippen molar-refractivity contribution in [1.29, 1.82) is 0 Å². The average molecular weight is 369 g/mol. The molecular weight excluding hydrogens is 340 g/mol. The van der Waals surface area contributed by atoms with Crippen molar-refractivity contribution in [2.45, 2.75) is 64.3 Å². The first-order valence-electron chi connectivity index (χ1n) is 10.1. The predicted octanol–water partition coefficient (Wildman–Crippen LogP) is 5.46. The number of amides is 1. The highest BCUT2D eigenvalue weighted by molar-refractivity contribution is 7.14. The second-order valence-electron chi connectivity index (χ2n) is 7.87. The molecule has 2 saturated carbocycles. The maximum Gasteiger partial charge on any atom is 0.280 e. The van der Waals surface area contributed by atoms with Crippen LogP contribution in [0.3, 0.4) is 0 Å². The van der Waals surface area contributed by atoms with Crippen LogP contribution in [0, 0.1) is 11.8 Å². The van der Waals surface area contributed by atoms with Gasteiger partial charge in [0.2, 0.25) is 0 Å². The number of thiazole rings is 1. The number of fused-ring (bicyclic) bond motifs is 2. The molecule has 0 unspecified atom stereocenters. The number of nitrogens with one attached hydrogen (secondary N) is 1. The monoisotopic (exact) mass is 368 g/mol. The molecule has 4 rings (SSSR count). The van der Waals surface area contributed by atoms with Crippen molar-refractivity contribution in [3.63, 3.8) is 0 Å². The molecule has 4 heteroatoms. The minimum atomic E-state index is 0.0338. The molecule has 138 valence electrons. The van der Waals surface area contributed by atoms with Gasteiger partial charge in [0.05, 0.1) is 5.69 Å². The molecule has 26 heavy (non-hydrogen) atoms. The summed E-state index contributed by atoms with van der Waals surface area (Å²) in [5.74, 6) is 1.57. The number of aromatic nitrogens is 1. The summed E-state index contributed by atoms with van der Waals surface area (Å²) in [4.78, 5) is 18.9. The molecule has 1 N–H and O–H groups in total. The van der Waals surface area contributed by atoms with Gasteiger partial charge in [-0.3, -0.25) is 4.79 Å². The van der Waals surface area contributed by atoms with Crippen molar-refractivity contribution < 1.29 is 4.79 Å². The Hall–Kier alpha value is -1.68. The van der Waals surface area contributed by atoms with Crippen LogP contribution in [0.2, 0.25) is 0 Å². The molecular formula is C22H28N2OS. The molecule has 0 aliphatic heterocycles. The van der Waals surface area contributed by atoms with Gasteiger partial charge in [0.15, 0.2) is 5.01 Å². The summed E-state index contributed by atoms with van der Waals surface area (Å²) in [6.07, 6.45) is 9.70. The van der Waals surface area contributed by atoms with Gasteiger partial charge in [-0.15, -0.1) is 11.3 Å². The summed E-state index contributed by atoms with van der Waals surface area (Å²) in [5.41, 5.74) is 2.12. The first-order chi connectivity index (χ1) is 12.7. The maximum absolute atomic E-state index is 12.8. The molecule has 2 aliphatic carbocycles. The lowest BCUT2D eigenvalue weighted by Crippen LogP contribution is -2.38. The van der Waals surface area contributed by atoms with E-state index in [0.717, 1.165) is 36.4 Å². The number of carbonyl (C=O) groups excluding carboxylic acids is 1. The normalized spacial score (nSPS) is 24.1. The predicted molar refractivity (Wildman–Crippen MR) is 107 cm³/mol. The zero-order valence-electron chi connectivity index (χ0n) is 15.5. The fraction of sp³-hybridized carbons (Fsp3) is 0.545. The Morgan fingerprint density at radius 1 is 1.19 bits per heavy atom. The minimum absolute atomic E-state index is 0.0338. The quantitative estimate of drug-likeness (QED) is 0.659. The van der Waals surface area contributed by atoms with Crippen LogP contribution in [0.1, 0.15) is 66.5 Å². The summed E-state index contributed by atoms with van der Waals surface area (Å²) < 4.78 is 0. The minimum Gasteiger partial charge on any atom is -0.347 e. The number of hydrogen-bond acceptors (Lipinski definition) is 3. The van der Waals surface area contributed by atoms with Crippen molar-refractivity contribution in [2.75, 3.05) is 0 Å². The Morgan fingerprint density at radius 3 is 2.73 bits per heavy atom. The summed E-state index contributed by atoms with van der Waals surface area (Å²) >= 11 is 1.59. The number of hydrogen-bond donors (Lipinski definition) is 1. The Balaban J connectivity index is 1.52. The molecule has 1 aromatic heterocycles. The van der Waals surface area contributed by atoms with Crippen LogP contribution >= 0.6 is 11.3 Å². The summed E-state index contributed by atoms with van der Waals surface area (Å²) in [5, 5.41) is 3.93. The van der Waals surface area contributed by atoms with Gasteiger partial charge in [0.25, 0.3) is 5.91 Å². The van der Waals surface area contributed by atoms with Gasteiger partial charge in [0, 0.05) is 16.5 Å². The molecule has 2 aromatic rings. The molecule has 2 aliphatic rings. The fourth-order valence-corrected chi connectivity index (χ4v) is 5.66. The Kier molecular flexibility index (Phi) is 5.39. The van der Waals surface area contributed by atoms with E-state index in [1.165, 1.54) is 37.0 Å². The molecule has 2 fully saturated rings. The highest BCUT2D eigenvalue weighted by Gasteiger charge is 2.40. The van der Waals surface area contributed by atoms with E-state index < -0.39 is 0 Å². The lowest BCUT2D eigenvalue weighted by molar-refractivity contribution is 0.0922. The van der Waals surface area contributed by atoms with Crippen LogP contribution in [0.15, 0.2) is 30.3 Å². The van der Waals surface area contributed by atoms with E-state index in [1.807, 2.05) is 18.2 Å². The molecule has 1 heterocycles. The van der Waals surface area contributed by atoms with E-state index in [9.17, 15) is 4.79 Å². The van der Waals surface area contributed by atoms with Gasteiger partial charge in [-0.1, -0.05) is 56.5 Å². The Morgan fingerprint density at radius 2 is 2.04 bits per heavy atom. The van der Waals surface area contributed by atoms with Gasteiger partial charge < -0.3 is 5.32 Å². The highest BCUT2D eigenvalue weighted by Crippen LogP contribution is 2.44. The topological polar surface area (TPSA) is 42.0 Å². The van der Waals surface area contributed by atoms with Crippen LogP contribution in [0.5, 0.6) is 0 Å². The lowest BCUT2D eigenvalue weighted by atomic mass is 9.95. The number of rotatable bonds is 7. The van der Waals surface area contributed by atoms with Crippen LogP contribution in [0.25, 0.3) is 11.3 Å². The number of unbranched alkanes of at least 4 members (excludes halogenated alkanes) is 2. The first-order valence-corrected chi connectivity index (χ1v) is 10.9. The lowest BCUT2D eigenvalue weighted by Gasteiger charge is -2.22. The third-order valence-electron chi connectivity index (χ3n) is 6.00. The van der Waals surface area contributed by atoms with Crippen molar-refractivity contribution >= 4 is 17.2 Å². The third kappa shape index (κ3) is 3.71. The van der Waals surface area contributed by atoms with Gasteiger partial charge in [0.1, 0.15) is 0 Å². The average Bonchev–Trinajstić information content (AvgIpc) is 3.38. The molecule has 0 saturated heterocycles. The van der Waals surface area contributed by atoms with Crippen LogP contribution in [0.4, 0.5) is 0 Å². The van der Waals surface area contributed by atoms with E-state index in [-0.39, 0.29) is 5.91 Å². The van der Waals surface area contributed by atoms with E-state index >= 15 is 0 Å². The largest absolute Gasteiger partial charge is 0.347 e. The highest BCUT2D eigenvalue weighted by atomic mass is 32.1. The van der Waals surface area contributed by atoms with E-state index in [1.54, 1.807) is 11.3 Å². The van der Waals surface area contributed by atoms with Crippen molar-refractivity contribution in [3.8, 4) is 11.3 Å². The third-order valence-corrected chi connectivity index (χ3v) is 7.11. The Bertz CT molecular complexity index is 755. The molecule has 1 aromatic carbocycles. The molecule has 2 bridgehead atoms. The van der Waals surface area contributed by atoms with Crippen LogP contribution in [-0.4, -0.2) is 16.9 Å². The summed E-state index contributed by atoms with van der Waals surface area (Å²) in [7, 11) is 0. The SMILES string of the molecule is CCCCCc1sc(C(=O)N[C@@H]2C[C@@H]3CC[C@H]2C3)nc1-c1ccccc1. The first kappa shape index (κ1) is 17.7. The van der Waals surface area contributed by atoms with E-state index in [0.29, 0.717) is 17.0 Å². The standard InChI is InChI=1S/C22H28N2OS/c1-2-3-5-10-19-20(16-8-6-4-7-9-16)24-22(26-19)21(25)23-18-14-15-11-12-17(18)13-15/h4,6-9,15,17-18H,2-3,5,10-14H2,1H3,(H,23,25)/t15-,17+,18-/m1/s1. The summed E-state index contributed by atoms with van der Waals surface area (Å²) in [6, 6.07) is 10.7. The molecule has 3 atom stereocenters. The van der Waals surface area contributed by atoms with Gasteiger partial charge >= 0.3 is 0 Å². The second kappa shape index (κ2) is 7.91. The van der Waals surface area contributed by atoms with Crippen molar-refractivity contribution in [3.05, 3.63) is 40.2 Å². The smallest absolute Gasteiger partial charge is 0.280 e. The van der Waals surface area contributed by atoms with Crippen LogP contribution < -0.4 is 5.32 Å². The van der Waals surface area contributed by atoms with Gasteiger partial charge in [-0.25, -0.2) is 4.98 Å². The maximum atomic E-state index is 12.8. The van der Waals surface area contributed by atoms with E-state index in [2.05, 4.69) is 24.4 Å². The number of nitrogens with zero attached hydrogens (tertiary/aromatic N) is 1. The molecule has 1 amide bonds. The molecule has 0 radical (unpaired) electrons. The molecule has 0 spiro atoms. The second-order valence-corrected chi connectivity index (χ2v) is 8.95. The van der Waals surface area contributed by atoms with Crippen molar-refractivity contribution in [1.82, 2.24) is 10.3 Å². The zero-order valence-corrected chi connectivity index (χ0v) is 16.4. The van der Waals surface area contributed by atoms with E-state index in [4.69, 9.17) is 4.98 Å². The number of carbonyl (C=O) groups is 1. The van der Waals surface area contributed by atoms with Gasteiger partial charge in [-0.05, 0) is 43.9 Å². The Labute approximate surface area is 160 Å². The van der Waals surface area contributed by atoms with Gasteiger partial charge in [-0.2, -0.15) is 0 Å². The van der Waals surface area contributed by atoms with Crippen molar-refractivity contribution in [2.24, 2.45) is 11.8 Å². The number of aryl methyl sites for hydroxylation is 1. The van der Waals surface area contributed by atoms with Crippen LogP contribution in [-0.2, 0) is 6.42 Å². The zero-order chi connectivity index (χ0) is 17.9. The molecule has 3 nitrogen and oxygen atoms in total.